The Balaban J connectivity index is 1.15. The maximum atomic E-state index is 17.5. The number of terminal acetylenes is 1. The summed E-state index contributed by atoms with van der Waals surface area (Å²) in [6.45, 7) is 11.2. The molecule has 9 rings (SSSR count). The van der Waals surface area contributed by atoms with E-state index in [-0.39, 0.29) is 28.6 Å². The molecular formula is C40H44FN5O3. The van der Waals surface area contributed by atoms with Crippen LogP contribution in [0.25, 0.3) is 32.8 Å². The van der Waals surface area contributed by atoms with Gasteiger partial charge in [0.2, 0.25) is 0 Å². The number of anilines is 1. The fourth-order valence-corrected chi connectivity index (χ4v) is 9.08. The van der Waals surface area contributed by atoms with Crippen molar-refractivity contribution in [3.63, 3.8) is 0 Å². The smallest absolute Gasteiger partial charge is 0.319 e. The van der Waals surface area contributed by atoms with Gasteiger partial charge in [0, 0.05) is 84.0 Å². The fourth-order valence-electron chi connectivity index (χ4n) is 9.08. The molecule has 1 aromatic heterocycles. The number of rotatable bonds is 8. The Morgan fingerprint density at radius 1 is 1.08 bits per heavy atom. The number of piperazine rings is 1. The van der Waals surface area contributed by atoms with Crippen LogP contribution in [0.15, 0.2) is 36.4 Å². The van der Waals surface area contributed by atoms with Crippen molar-refractivity contribution in [2.75, 3.05) is 57.4 Å². The van der Waals surface area contributed by atoms with E-state index < -0.39 is 5.82 Å². The average molecular weight is 662 g/mol. The van der Waals surface area contributed by atoms with Crippen LogP contribution >= 0.6 is 0 Å². The summed E-state index contributed by atoms with van der Waals surface area (Å²) in [6.07, 6.45) is 10.4. The third-order valence-corrected chi connectivity index (χ3v) is 11.8. The van der Waals surface area contributed by atoms with E-state index in [0.717, 1.165) is 93.8 Å². The van der Waals surface area contributed by atoms with Crippen molar-refractivity contribution in [1.82, 2.24) is 20.2 Å². The number of fused-ring (bicyclic) bond motifs is 5. The van der Waals surface area contributed by atoms with Crippen molar-refractivity contribution in [3.8, 4) is 35.2 Å². The van der Waals surface area contributed by atoms with Gasteiger partial charge in [-0.3, -0.25) is 0 Å². The summed E-state index contributed by atoms with van der Waals surface area (Å²) in [6, 6.07) is 12.0. The molecule has 2 bridgehead atoms. The Morgan fingerprint density at radius 3 is 2.53 bits per heavy atom. The highest BCUT2D eigenvalue weighted by Gasteiger charge is 2.48. The summed E-state index contributed by atoms with van der Waals surface area (Å²) in [7, 11) is 0. The minimum absolute atomic E-state index is 0.0290. The topological polar surface area (TPSA) is 83.0 Å². The number of hydrogen-bond acceptors (Lipinski definition) is 8. The van der Waals surface area contributed by atoms with Crippen LogP contribution < -0.4 is 15.0 Å². The van der Waals surface area contributed by atoms with Crippen molar-refractivity contribution in [3.05, 3.63) is 53.3 Å². The first-order valence-electron chi connectivity index (χ1n) is 18.0. The van der Waals surface area contributed by atoms with Crippen molar-refractivity contribution in [2.24, 2.45) is 17.3 Å². The lowest BCUT2D eigenvalue weighted by molar-refractivity contribution is 0.131. The van der Waals surface area contributed by atoms with Crippen molar-refractivity contribution in [2.45, 2.75) is 57.5 Å². The second-order valence-corrected chi connectivity index (χ2v) is 15.7. The Bertz CT molecular complexity index is 1980. The van der Waals surface area contributed by atoms with Crippen LogP contribution in [0.5, 0.6) is 11.8 Å². The van der Waals surface area contributed by atoms with Gasteiger partial charge in [-0.1, -0.05) is 31.9 Å². The first-order valence-corrected chi connectivity index (χ1v) is 18.0. The summed E-state index contributed by atoms with van der Waals surface area (Å²) in [5, 5.41) is 16.7. The third kappa shape index (κ3) is 5.49. The number of phenols is 1. The van der Waals surface area contributed by atoms with Crippen molar-refractivity contribution in [1.29, 1.82) is 0 Å². The van der Waals surface area contributed by atoms with E-state index >= 15 is 4.39 Å². The molecule has 2 unspecified atom stereocenters. The Morgan fingerprint density at radius 2 is 1.84 bits per heavy atom. The quantitative estimate of drug-likeness (QED) is 0.220. The maximum Gasteiger partial charge on any atom is 0.319 e. The summed E-state index contributed by atoms with van der Waals surface area (Å²) in [5.41, 5.74) is 2.74. The number of ether oxygens (including phenoxy) is 2. The van der Waals surface area contributed by atoms with Gasteiger partial charge >= 0.3 is 6.01 Å². The highest BCUT2D eigenvalue weighted by molar-refractivity contribution is 6.05. The molecule has 49 heavy (non-hydrogen) atoms. The van der Waals surface area contributed by atoms with Gasteiger partial charge in [-0.05, 0) is 72.4 Å². The van der Waals surface area contributed by atoms with E-state index in [1.165, 1.54) is 0 Å². The number of aromatic hydroxyl groups is 1. The number of benzene rings is 3. The summed E-state index contributed by atoms with van der Waals surface area (Å²) >= 11 is 0. The molecule has 4 aromatic rings. The normalized spacial score (nSPS) is 25.7. The maximum absolute atomic E-state index is 17.5. The number of nitrogens with zero attached hydrogens (tertiary/aromatic N) is 4. The second kappa shape index (κ2) is 11.8. The molecule has 0 radical (unpaired) electrons. The molecule has 4 atom stereocenters. The lowest BCUT2D eigenvalue weighted by atomic mass is 9.86. The van der Waals surface area contributed by atoms with Crippen LogP contribution in [-0.4, -0.2) is 84.6 Å². The summed E-state index contributed by atoms with van der Waals surface area (Å²) in [5.74, 6) is 4.38. The zero-order chi connectivity index (χ0) is 33.4. The van der Waals surface area contributed by atoms with Crippen LogP contribution in [0, 0.1) is 35.4 Å². The SMILES string of the molecule is C#Cc1cccc2cc(O)cc(-c3c(C(C)C)cc4c(N5CC6CCC(C5)N6)nc(OCC5(CN6C[C@H]7COC[C@H]7C6)CC5)nc4c3F)c12. The molecule has 5 aliphatic rings. The highest BCUT2D eigenvalue weighted by atomic mass is 19.1. The number of phenolic OH excluding ortho intramolecular Hbond substituents is 1. The monoisotopic (exact) mass is 661 g/mol. The average Bonchev–Trinajstić information content (AvgIpc) is 3.33. The van der Waals surface area contributed by atoms with E-state index in [1.54, 1.807) is 12.1 Å². The lowest BCUT2D eigenvalue weighted by Gasteiger charge is -2.34. The van der Waals surface area contributed by atoms with Crippen LogP contribution in [0.1, 0.15) is 56.6 Å². The molecule has 1 aliphatic carbocycles. The molecule has 3 aromatic carbocycles. The summed E-state index contributed by atoms with van der Waals surface area (Å²) < 4.78 is 29.7. The molecule has 254 valence electrons. The van der Waals surface area contributed by atoms with E-state index in [4.69, 9.17) is 25.9 Å². The fraction of sp³-hybridized carbons (Fsp3) is 0.500. The molecule has 8 nitrogen and oxygen atoms in total. The van der Waals surface area contributed by atoms with Crippen molar-refractivity contribution >= 4 is 27.5 Å². The van der Waals surface area contributed by atoms with Gasteiger partial charge in [0.1, 0.15) is 17.1 Å². The van der Waals surface area contributed by atoms with Crippen LogP contribution in [0.4, 0.5) is 10.2 Å². The first-order chi connectivity index (χ1) is 23.8. The standard InChI is InChI=1S/C40H44FN5O3/c1-4-24-6-5-7-25-12-30(47)13-32(34(24)25)35-31(23(2)3)14-33-37(36(35)41)43-39(44-38(33)46-17-28-8-9-29(18-46)42-28)49-22-40(10-11-40)21-45-15-26-19-48-20-27(26)16-45/h1,5-7,12-14,23,26-29,42,47H,8-11,15-22H2,2-3H3/t26-,27+,28?,29?. The van der Waals surface area contributed by atoms with Gasteiger partial charge < -0.3 is 29.7 Å². The molecule has 4 saturated heterocycles. The van der Waals surface area contributed by atoms with Gasteiger partial charge in [-0.25, -0.2) is 4.39 Å². The molecule has 2 N–H and O–H groups in total. The van der Waals surface area contributed by atoms with Gasteiger partial charge in [0.25, 0.3) is 0 Å². The highest BCUT2D eigenvalue weighted by Crippen LogP contribution is 2.48. The van der Waals surface area contributed by atoms with Crippen LogP contribution in [0.2, 0.25) is 0 Å². The third-order valence-electron chi connectivity index (χ3n) is 11.8. The predicted octanol–water partition coefficient (Wildman–Crippen LogP) is 6.08. The zero-order valence-electron chi connectivity index (χ0n) is 28.3. The number of likely N-dealkylation sites (tertiary alicyclic amines) is 1. The second-order valence-electron chi connectivity index (χ2n) is 15.7. The summed E-state index contributed by atoms with van der Waals surface area (Å²) in [4.78, 5) is 14.8. The molecule has 0 amide bonds. The number of halogens is 1. The first kappa shape index (κ1) is 31.0. The molecule has 4 aliphatic heterocycles. The largest absolute Gasteiger partial charge is 0.508 e. The minimum atomic E-state index is -0.446. The van der Waals surface area contributed by atoms with Gasteiger partial charge in [-0.15, -0.1) is 6.42 Å². The Hall–Kier alpha value is -3.97. The van der Waals surface area contributed by atoms with E-state index in [2.05, 4.69) is 41.0 Å². The lowest BCUT2D eigenvalue weighted by Crippen LogP contribution is -2.51. The number of nitrogens with one attached hydrogen (secondary N) is 1. The van der Waals surface area contributed by atoms with E-state index in [0.29, 0.717) is 52.6 Å². The molecule has 0 spiro atoms. The zero-order valence-corrected chi connectivity index (χ0v) is 28.3. The van der Waals surface area contributed by atoms with Gasteiger partial charge in [0.05, 0.1) is 19.8 Å². The van der Waals surface area contributed by atoms with Crippen LogP contribution in [-0.2, 0) is 4.74 Å². The Labute approximate surface area is 287 Å². The van der Waals surface area contributed by atoms with Crippen LogP contribution in [0.3, 0.4) is 0 Å². The molecule has 9 heteroatoms. The minimum Gasteiger partial charge on any atom is -0.508 e. The van der Waals surface area contributed by atoms with E-state index in [1.807, 2.05) is 18.2 Å². The predicted molar refractivity (Wildman–Crippen MR) is 190 cm³/mol. The van der Waals surface area contributed by atoms with E-state index in [9.17, 15) is 5.11 Å². The molecule has 5 heterocycles. The van der Waals surface area contributed by atoms with Crippen molar-refractivity contribution < 1.29 is 19.0 Å². The molecular weight excluding hydrogens is 617 g/mol. The number of hydrogen-bond donors (Lipinski definition) is 2. The molecule has 5 fully saturated rings. The Kier molecular flexibility index (Phi) is 7.49. The van der Waals surface area contributed by atoms with Gasteiger partial charge in [-0.2, -0.15) is 9.97 Å². The van der Waals surface area contributed by atoms with Gasteiger partial charge in [0.15, 0.2) is 5.82 Å². The number of aromatic nitrogens is 2. The molecule has 1 saturated carbocycles.